The Labute approximate surface area is 95.5 Å². The fraction of sp³-hybridized carbons (Fsp3) is 0.500. The van der Waals surface area contributed by atoms with E-state index in [1.54, 1.807) is 6.20 Å². The summed E-state index contributed by atoms with van der Waals surface area (Å²) in [6.07, 6.45) is 3.93. The van der Waals surface area contributed by atoms with Crippen molar-refractivity contribution in [3.05, 3.63) is 30.1 Å². The predicted molar refractivity (Wildman–Crippen MR) is 61.7 cm³/mol. The molecule has 16 heavy (non-hydrogen) atoms. The molecule has 0 radical (unpaired) electrons. The number of hydrogen-bond donors (Lipinski definition) is 1. The molecule has 1 saturated heterocycles. The van der Waals surface area contributed by atoms with Gasteiger partial charge >= 0.3 is 0 Å². The van der Waals surface area contributed by atoms with Gasteiger partial charge in [0.25, 0.3) is 0 Å². The maximum absolute atomic E-state index is 11.8. The average molecular weight is 219 g/mol. The lowest BCUT2D eigenvalue weighted by Crippen LogP contribution is -2.32. The SMILES string of the molecule is N[C@@H]1CCN(C(=O)CCc2ccccn2)C1. The van der Waals surface area contributed by atoms with Crippen LogP contribution < -0.4 is 5.73 Å². The van der Waals surface area contributed by atoms with Crippen molar-refractivity contribution in [3.8, 4) is 0 Å². The zero-order valence-electron chi connectivity index (χ0n) is 9.30. The molecule has 1 amide bonds. The number of aryl methyl sites for hydroxylation is 1. The van der Waals surface area contributed by atoms with Gasteiger partial charge in [0, 0.05) is 37.4 Å². The van der Waals surface area contributed by atoms with Gasteiger partial charge in [0.05, 0.1) is 0 Å². The van der Waals surface area contributed by atoms with E-state index in [0.29, 0.717) is 19.4 Å². The van der Waals surface area contributed by atoms with Crippen LogP contribution in [0.15, 0.2) is 24.4 Å². The van der Waals surface area contributed by atoms with Gasteiger partial charge in [0.15, 0.2) is 0 Å². The fourth-order valence-corrected chi connectivity index (χ4v) is 1.95. The number of carbonyl (C=O) groups is 1. The molecule has 2 rings (SSSR count). The minimum Gasteiger partial charge on any atom is -0.341 e. The summed E-state index contributed by atoms with van der Waals surface area (Å²) in [5.41, 5.74) is 6.74. The summed E-state index contributed by atoms with van der Waals surface area (Å²) >= 11 is 0. The molecule has 1 aliphatic heterocycles. The van der Waals surface area contributed by atoms with E-state index in [9.17, 15) is 4.79 Å². The Kier molecular flexibility index (Phi) is 3.51. The highest BCUT2D eigenvalue weighted by molar-refractivity contribution is 5.76. The van der Waals surface area contributed by atoms with E-state index < -0.39 is 0 Å². The van der Waals surface area contributed by atoms with E-state index in [1.165, 1.54) is 0 Å². The number of hydrogen-bond acceptors (Lipinski definition) is 3. The van der Waals surface area contributed by atoms with Crippen molar-refractivity contribution in [2.45, 2.75) is 25.3 Å². The van der Waals surface area contributed by atoms with Gasteiger partial charge in [-0.1, -0.05) is 6.07 Å². The molecule has 0 spiro atoms. The molecule has 0 aromatic carbocycles. The van der Waals surface area contributed by atoms with Crippen molar-refractivity contribution in [3.63, 3.8) is 0 Å². The van der Waals surface area contributed by atoms with Crippen molar-refractivity contribution in [1.82, 2.24) is 9.88 Å². The lowest BCUT2D eigenvalue weighted by atomic mass is 10.2. The zero-order valence-corrected chi connectivity index (χ0v) is 9.30. The number of carbonyl (C=O) groups excluding carboxylic acids is 1. The van der Waals surface area contributed by atoms with Gasteiger partial charge in [-0.2, -0.15) is 0 Å². The van der Waals surface area contributed by atoms with Crippen LogP contribution in [-0.2, 0) is 11.2 Å². The Bertz CT molecular complexity index is 353. The summed E-state index contributed by atoms with van der Waals surface area (Å²) < 4.78 is 0. The first-order chi connectivity index (χ1) is 7.75. The second-order valence-electron chi connectivity index (χ2n) is 4.21. The molecule has 0 aliphatic carbocycles. The van der Waals surface area contributed by atoms with Gasteiger partial charge in [-0.25, -0.2) is 0 Å². The lowest BCUT2D eigenvalue weighted by Gasteiger charge is -2.15. The van der Waals surface area contributed by atoms with E-state index in [4.69, 9.17) is 5.73 Å². The minimum atomic E-state index is 0.166. The van der Waals surface area contributed by atoms with E-state index >= 15 is 0 Å². The molecular weight excluding hydrogens is 202 g/mol. The minimum absolute atomic E-state index is 0.166. The highest BCUT2D eigenvalue weighted by Gasteiger charge is 2.22. The van der Waals surface area contributed by atoms with E-state index in [1.807, 2.05) is 23.1 Å². The number of aromatic nitrogens is 1. The van der Waals surface area contributed by atoms with Crippen LogP contribution in [0.4, 0.5) is 0 Å². The lowest BCUT2D eigenvalue weighted by molar-refractivity contribution is -0.130. The molecule has 0 saturated carbocycles. The average Bonchev–Trinajstić information content (AvgIpc) is 2.74. The maximum Gasteiger partial charge on any atom is 0.223 e. The van der Waals surface area contributed by atoms with E-state index in [0.717, 1.165) is 18.7 Å². The Morgan fingerprint density at radius 2 is 2.44 bits per heavy atom. The Hall–Kier alpha value is -1.42. The van der Waals surface area contributed by atoms with Crippen LogP contribution >= 0.6 is 0 Å². The van der Waals surface area contributed by atoms with Crippen LogP contribution in [0, 0.1) is 0 Å². The Morgan fingerprint density at radius 3 is 3.06 bits per heavy atom. The number of nitrogens with two attached hydrogens (primary N) is 1. The molecule has 1 aromatic rings. The number of nitrogens with zero attached hydrogens (tertiary/aromatic N) is 2. The second-order valence-corrected chi connectivity index (χ2v) is 4.21. The smallest absolute Gasteiger partial charge is 0.223 e. The van der Waals surface area contributed by atoms with Crippen LogP contribution in [-0.4, -0.2) is 34.9 Å². The summed E-state index contributed by atoms with van der Waals surface area (Å²) in [5, 5.41) is 0. The molecule has 1 atom stereocenters. The highest BCUT2D eigenvalue weighted by atomic mass is 16.2. The van der Waals surface area contributed by atoms with Crippen molar-refractivity contribution < 1.29 is 4.79 Å². The largest absolute Gasteiger partial charge is 0.341 e. The number of rotatable bonds is 3. The van der Waals surface area contributed by atoms with Crippen molar-refractivity contribution in [1.29, 1.82) is 0 Å². The third-order valence-electron chi connectivity index (χ3n) is 2.90. The molecule has 4 nitrogen and oxygen atoms in total. The predicted octanol–water partition coefficient (Wildman–Crippen LogP) is 0.574. The van der Waals surface area contributed by atoms with Crippen LogP contribution in [0.5, 0.6) is 0 Å². The van der Waals surface area contributed by atoms with Gasteiger partial charge in [0.2, 0.25) is 5.91 Å². The topological polar surface area (TPSA) is 59.2 Å². The molecule has 1 aliphatic rings. The summed E-state index contributed by atoms with van der Waals surface area (Å²) in [4.78, 5) is 17.9. The summed E-state index contributed by atoms with van der Waals surface area (Å²) in [6, 6.07) is 5.94. The first-order valence-electron chi connectivity index (χ1n) is 5.69. The molecule has 1 aromatic heterocycles. The normalized spacial score (nSPS) is 20.1. The van der Waals surface area contributed by atoms with Gasteiger partial charge in [-0.3, -0.25) is 9.78 Å². The first kappa shape index (κ1) is 11.1. The van der Waals surface area contributed by atoms with Gasteiger partial charge in [0.1, 0.15) is 0 Å². The van der Waals surface area contributed by atoms with Crippen molar-refractivity contribution in [2.24, 2.45) is 5.73 Å². The van der Waals surface area contributed by atoms with E-state index in [2.05, 4.69) is 4.98 Å². The van der Waals surface area contributed by atoms with E-state index in [-0.39, 0.29) is 11.9 Å². The van der Waals surface area contributed by atoms with Gasteiger partial charge in [-0.15, -0.1) is 0 Å². The zero-order chi connectivity index (χ0) is 11.4. The monoisotopic (exact) mass is 219 g/mol. The molecule has 86 valence electrons. The molecule has 4 heteroatoms. The number of likely N-dealkylation sites (tertiary alicyclic amines) is 1. The molecule has 0 bridgehead atoms. The fourth-order valence-electron chi connectivity index (χ4n) is 1.95. The molecule has 2 heterocycles. The highest BCUT2D eigenvalue weighted by Crippen LogP contribution is 2.09. The number of pyridine rings is 1. The Balaban J connectivity index is 1.80. The standard InChI is InChI=1S/C12H17N3O/c13-10-6-8-15(9-10)12(16)5-4-11-3-1-2-7-14-11/h1-3,7,10H,4-6,8-9,13H2/t10-/m1/s1. The van der Waals surface area contributed by atoms with Gasteiger partial charge in [-0.05, 0) is 25.0 Å². The maximum atomic E-state index is 11.8. The summed E-state index contributed by atoms with van der Waals surface area (Å²) in [6.45, 7) is 1.52. The van der Waals surface area contributed by atoms with Crippen LogP contribution in [0.2, 0.25) is 0 Å². The van der Waals surface area contributed by atoms with Crippen LogP contribution in [0.25, 0.3) is 0 Å². The summed E-state index contributed by atoms with van der Waals surface area (Å²) in [7, 11) is 0. The molecule has 0 unspecified atom stereocenters. The third-order valence-corrected chi connectivity index (χ3v) is 2.90. The molecule has 2 N–H and O–H groups in total. The molecular formula is C12H17N3O. The second kappa shape index (κ2) is 5.07. The van der Waals surface area contributed by atoms with Crippen LogP contribution in [0.3, 0.4) is 0 Å². The quantitative estimate of drug-likeness (QED) is 0.808. The van der Waals surface area contributed by atoms with Crippen molar-refractivity contribution in [2.75, 3.05) is 13.1 Å². The van der Waals surface area contributed by atoms with Gasteiger partial charge < -0.3 is 10.6 Å². The first-order valence-corrected chi connectivity index (χ1v) is 5.69. The molecule has 1 fully saturated rings. The Morgan fingerprint density at radius 1 is 1.56 bits per heavy atom. The summed E-state index contributed by atoms with van der Waals surface area (Å²) in [5.74, 6) is 0.193. The third kappa shape index (κ3) is 2.79. The van der Waals surface area contributed by atoms with Crippen molar-refractivity contribution >= 4 is 5.91 Å². The number of amides is 1. The van der Waals surface area contributed by atoms with Crippen LogP contribution in [0.1, 0.15) is 18.5 Å².